The fourth-order valence-corrected chi connectivity index (χ4v) is 2.15. The maximum Gasteiger partial charge on any atom is 0.229 e. The van der Waals surface area contributed by atoms with E-state index in [-0.39, 0.29) is 17.4 Å². The zero-order chi connectivity index (χ0) is 13.3. The van der Waals surface area contributed by atoms with E-state index in [1.807, 2.05) is 29.2 Å². The third kappa shape index (κ3) is 2.86. The monoisotopic (exact) mass is 265 g/mol. The lowest BCUT2D eigenvalue weighted by Gasteiger charge is -2.29. The second-order valence-corrected chi connectivity index (χ2v) is 6.15. The van der Waals surface area contributed by atoms with Gasteiger partial charge in [-0.2, -0.15) is 0 Å². The molecule has 2 nitrogen and oxygen atoms in total. The summed E-state index contributed by atoms with van der Waals surface area (Å²) in [6, 6.07) is 7.95. The van der Waals surface area contributed by atoms with Crippen LogP contribution >= 0.6 is 11.6 Å². The highest BCUT2D eigenvalue weighted by atomic mass is 35.5. The molecule has 0 heterocycles. The van der Waals surface area contributed by atoms with Gasteiger partial charge in [-0.3, -0.25) is 4.79 Å². The molecule has 1 amide bonds. The highest BCUT2D eigenvalue weighted by molar-refractivity contribution is 6.30. The lowest BCUT2D eigenvalue weighted by molar-refractivity contribution is -0.138. The van der Waals surface area contributed by atoms with Gasteiger partial charge in [-0.15, -0.1) is 0 Å². The summed E-state index contributed by atoms with van der Waals surface area (Å²) in [7, 11) is 0. The first-order valence-corrected chi connectivity index (χ1v) is 6.86. The average molecular weight is 266 g/mol. The van der Waals surface area contributed by atoms with Gasteiger partial charge in [0.15, 0.2) is 0 Å². The molecule has 98 valence electrons. The highest BCUT2D eigenvalue weighted by Gasteiger charge is 2.47. The van der Waals surface area contributed by atoms with Crippen LogP contribution in [0, 0.1) is 5.41 Å². The zero-order valence-corrected chi connectivity index (χ0v) is 12.0. The topological polar surface area (TPSA) is 20.3 Å². The molecule has 2 rings (SSSR count). The van der Waals surface area contributed by atoms with E-state index in [9.17, 15) is 4.79 Å². The fourth-order valence-electron chi connectivity index (χ4n) is 2.02. The van der Waals surface area contributed by atoms with Crippen LogP contribution in [0.15, 0.2) is 24.3 Å². The Kier molecular flexibility index (Phi) is 3.67. The highest BCUT2D eigenvalue weighted by Crippen LogP contribution is 2.47. The molecule has 18 heavy (non-hydrogen) atoms. The SMILES string of the molecule is CC(C)N(Cc1ccc(Cl)cc1)C(=O)C1(C)CC1. The predicted octanol–water partition coefficient (Wildman–Crippen LogP) is 3.88. The first kappa shape index (κ1) is 13.4. The first-order valence-electron chi connectivity index (χ1n) is 6.48. The molecule has 0 atom stereocenters. The summed E-state index contributed by atoms with van der Waals surface area (Å²) < 4.78 is 0. The van der Waals surface area contributed by atoms with Gasteiger partial charge in [-0.05, 0) is 44.4 Å². The molecule has 1 aromatic rings. The third-order valence-corrected chi connectivity index (χ3v) is 3.92. The van der Waals surface area contributed by atoms with Crippen LogP contribution in [-0.4, -0.2) is 16.8 Å². The van der Waals surface area contributed by atoms with Gasteiger partial charge in [0.25, 0.3) is 0 Å². The molecule has 1 aliphatic rings. The Morgan fingerprint density at radius 1 is 1.33 bits per heavy atom. The Morgan fingerprint density at radius 2 is 1.89 bits per heavy atom. The summed E-state index contributed by atoms with van der Waals surface area (Å²) >= 11 is 5.88. The van der Waals surface area contributed by atoms with Crippen molar-refractivity contribution >= 4 is 17.5 Å². The molecule has 0 aliphatic heterocycles. The molecule has 0 spiro atoms. The van der Waals surface area contributed by atoms with E-state index >= 15 is 0 Å². The lowest BCUT2D eigenvalue weighted by Crippen LogP contribution is -2.40. The van der Waals surface area contributed by atoms with Gasteiger partial charge in [0.05, 0.1) is 0 Å². The molecular formula is C15H20ClNO. The van der Waals surface area contributed by atoms with E-state index < -0.39 is 0 Å². The summed E-state index contributed by atoms with van der Waals surface area (Å²) in [5.41, 5.74) is 1.03. The number of hydrogen-bond acceptors (Lipinski definition) is 1. The van der Waals surface area contributed by atoms with Gasteiger partial charge in [-0.25, -0.2) is 0 Å². The zero-order valence-electron chi connectivity index (χ0n) is 11.2. The standard InChI is InChI=1S/C15H20ClNO/c1-11(2)17(14(18)15(3)8-9-15)10-12-4-6-13(16)7-5-12/h4-7,11H,8-10H2,1-3H3. The van der Waals surface area contributed by atoms with Crippen LogP contribution in [0.5, 0.6) is 0 Å². The molecule has 0 aromatic heterocycles. The van der Waals surface area contributed by atoms with Gasteiger partial charge in [-0.1, -0.05) is 30.7 Å². The molecule has 0 unspecified atom stereocenters. The molecule has 0 saturated heterocycles. The number of rotatable bonds is 4. The predicted molar refractivity (Wildman–Crippen MR) is 74.5 cm³/mol. The van der Waals surface area contributed by atoms with Crippen LogP contribution in [0.1, 0.15) is 39.2 Å². The normalized spacial score (nSPS) is 16.7. The van der Waals surface area contributed by atoms with Gasteiger partial charge in [0, 0.05) is 23.0 Å². The molecular weight excluding hydrogens is 246 g/mol. The van der Waals surface area contributed by atoms with Crippen LogP contribution in [0.25, 0.3) is 0 Å². The van der Waals surface area contributed by atoms with E-state index in [1.165, 1.54) is 0 Å². The minimum absolute atomic E-state index is 0.101. The average Bonchev–Trinajstić information content (AvgIpc) is 3.07. The Morgan fingerprint density at radius 3 is 2.33 bits per heavy atom. The van der Waals surface area contributed by atoms with E-state index in [0.29, 0.717) is 6.54 Å². The summed E-state index contributed by atoms with van der Waals surface area (Å²) in [4.78, 5) is 14.4. The molecule has 0 radical (unpaired) electrons. The Hall–Kier alpha value is -1.02. The minimum Gasteiger partial charge on any atom is -0.335 e. The van der Waals surface area contributed by atoms with Crippen LogP contribution in [0.4, 0.5) is 0 Å². The molecule has 1 fully saturated rings. The largest absolute Gasteiger partial charge is 0.335 e. The van der Waals surface area contributed by atoms with Crippen molar-refractivity contribution in [2.45, 2.75) is 46.2 Å². The number of carbonyl (C=O) groups excluding carboxylic acids is 1. The second-order valence-electron chi connectivity index (χ2n) is 5.71. The summed E-state index contributed by atoms with van der Waals surface area (Å²) in [6.07, 6.45) is 2.05. The van der Waals surface area contributed by atoms with Crippen molar-refractivity contribution in [1.82, 2.24) is 4.90 Å². The number of nitrogens with zero attached hydrogens (tertiary/aromatic N) is 1. The number of amides is 1. The summed E-state index contributed by atoms with van der Waals surface area (Å²) in [5, 5.41) is 0.732. The number of carbonyl (C=O) groups is 1. The van der Waals surface area contributed by atoms with Crippen molar-refractivity contribution in [1.29, 1.82) is 0 Å². The van der Waals surface area contributed by atoms with Crippen molar-refractivity contribution < 1.29 is 4.79 Å². The van der Waals surface area contributed by atoms with Crippen LogP contribution in [-0.2, 0) is 11.3 Å². The van der Waals surface area contributed by atoms with E-state index in [1.54, 1.807) is 0 Å². The quantitative estimate of drug-likeness (QED) is 0.809. The first-order chi connectivity index (χ1) is 8.42. The van der Waals surface area contributed by atoms with E-state index in [0.717, 1.165) is 23.4 Å². The maximum atomic E-state index is 12.4. The van der Waals surface area contributed by atoms with Gasteiger partial charge >= 0.3 is 0 Å². The van der Waals surface area contributed by atoms with Crippen molar-refractivity contribution in [2.75, 3.05) is 0 Å². The van der Waals surface area contributed by atoms with Crippen molar-refractivity contribution in [3.05, 3.63) is 34.9 Å². The maximum absolute atomic E-state index is 12.4. The number of hydrogen-bond donors (Lipinski definition) is 0. The van der Waals surface area contributed by atoms with E-state index in [2.05, 4.69) is 20.8 Å². The fraction of sp³-hybridized carbons (Fsp3) is 0.533. The van der Waals surface area contributed by atoms with Crippen molar-refractivity contribution in [2.24, 2.45) is 5.41 Å². The van der Waals surface area contributed by atoms with Crippen LogP contribution in [0.3, 0.4) is 0 Å². The molecule has 1 aliphatic carbocycles. The third-order valence-electron chi connectivity index (χ3n) is 3.67. The number of benzene rings is 1. The molecule has 1 aromatic carbocycles. The summed E-state index contributed by atoms with van der Waals surface area (Å²) in [6.45, 7) is 6.87. The van der Waals surface area contributed by atoms with Gasteiger partial charge < -0.3 is 4.90 Å². The van der Waals surface area contributed by atoms with Gasteiger partial charge in [0.1, 0.15) is 0 Å². The smallest absolute Gasteiger partial charge is 0.229 e. The molecule has 3 heteroatoms. The Bertz CT molecular complexity index is 434. The Balaban J connectivity index is 2.11. The molecule has 0 N–H and O–H groups in total. The van der Waals surface area contributed by atoms with Crippen molar-refractivity contribution in [3.8, 4) is 0 Å². The second kappa shape index (κ2) is 4.93. The van der Waals surface area contributed by atoms with Crippen molar-refractivity contribution in [3.63, 3.8) is 0 Å². The minimum atomic E-state index is -0.101. The molecule has 1 saturated carbocycles. The molecule has 0 bridgehead atoms. The van der Waals surface area contributed by atoms with Crippen LogP contribution < -0.4 is 0 Å². The van der Waals surface area contributed by atoms with Gasteiger partial charge in [0.2, 0.25) is 5.91 Å². The summed E-state index contributed by atoms with van der Waals surface area (Å²) in [5.74, 6) is 0.285. The Labute approximate surface area is 114 Å². The van der Waals surface area contributed by atoms with E-state index in [4.69, 9.17) is 11.6 Å². The number of halogens is 1. The van der Waals surface area contributed by atoms with Crippen LogP contribution in [0.2, 0.25) is 5.02 Å². The lowest BCUT2D eigenvalue weighted by atomic mass is 10.1.